The van der Waals surface area contributed by atoms with E-state index in [9.17, 15) is 8.78 Å². The molecular weight excluding hydrogens is 658 g/mol. The fourth-order valence-corrected chi connectivity index (χ4v) is 21.1. The summed E-state index contributed by atoms with van der Waals surface area (Å²) < 4.78 is 67.2. The maximum atomic E-state index is 14.2. The summed E-state index contributed by atoms with van der Waals surface area (Å²) in [7, 11) is 6.39. The number of hydrogen-bond donors (Lipinski definition) is 0. The van der Waals surface area contributed by atoms with Crippen molar-refractivity contribution in [2.24, 2.45) is 0 Å². The van der Waals surface area contributed by atoms with E-state index in [0.29, 0.717) is 34.5 Å². The molecule has 0 amide bonds. The number of methoxy groups -OCH3 is 4. The number of rotatable bonds is 10. The van der Waals surface area contributed by atoms with Crippen LogP contribution in [0.25, 0.3) is 12.2 Å². The third kappa shape index (κ3) is 5.07. The molecule has 2 aliphatic carbocycles. The predicted octanol–water partition coefficient (Wildman–Crippen LogP) is 8.33. The summed E-state index contributed by atoms with van der Waals surface area (Å²) >= 11 is -5.73. The molecule has 6 nitrogen and oxygen atoms in total. The van der Waals surface area contributed by atoms with Gasteiger partial charge in [0.2, 0.25) is 0 Å². The zero-order valence-corrected chi connectivity index (χ0v) is 28.1. The zero-order chi connectivity index (χ0) is 31.8. The number of ether oxygens (including phenoxy) is 4. The van der Waals surface area contributed by atoms with Crippen molar-refractivity contribution in [1.29, 1.82) is 0 Å². The van der Waals surface area contributed by atoms with Crippen molar-refractivity contribution in [1.82, 2.24) is 0 Å². The topological polar surface area (TPSA) is 55.4 Å². The van der Waals surface area contributed by atoms with Gasteiger partial charge in [0.05, 0.1) is 0 Å². The van der Waals surface area contributed by atoms with Crippen LogP contribution < -0.4 is 24.6 Å². The Morgan fingerprint density at radius 1 is 0.556 bits per heavy atom. The number of hydrogen-bond acceptors (Lipinski definition) is 6. The molecule has 0 spiro atoms. The molecule has 0 bridgehead atoms. The molecule has 2 aliphatic rings. The molecule has 0 N–H and O–H groups in total. The van der Waals surface area contributed by atoms with E-state index >= 15 is 0 Å². The molecule has 0 fully saturated rings. The average molecular weight is 692 g/mol. The number of benzene rings is 4. The molecule has 232 valence electrons. The Morgan fingerprint density at radius 2 is 0.911 bits per heavy atom. The number of fused-ring (bicyclic) bond motifs is 2. The Morgan fingerprint density at radius 3 is 1.24 bits per heavy atom. The summed E-state index contributed by atoms with van der Waals surface area (Å²) in [5, 5.41) is 0. The Hall–Kier alpha value is -4.23. The molecule has 0 heterocycles. The zero-order valence-electron chi connectivity index (χ0n) is 25.7. The number of halogens is 2. The van der Waals surface area contributed by atoms with Crippen LogP contribution in [0.4, 0.5) is 8.78 Å². The van der Waals surface area contributed by atoms with Gasteiger partial charge in [-0.3, -0.25) is 0 Å². The second-order valence-corrected chi connectivity index (χ2v) is 22.9. The molecule has 6 rings (SSSR count). The van der Waals surface area contributed by atoms with Crippen molar-refractivity contribution in [2.45, 2.75) is 14.2 Å². The van der Waals surface area contributed by atoms with Gasteiger partial charge in [0.1, 0.15) is 0 Å². The van der Waals surface area contributed by atoms with Crippen LogP contribution in [-0.4, -0.2) is 32.1 Å². The minimum atomic E-state index is -5.73. The molecule has 0 aromatic heterocycles. The first kappa shape index (κ1) is 30.8. The fourth-order valence-electron chi connectivity index (χ4n) is 6.70. The Bertz CT molecular complexity index is 1740. The van der Waals surface area contributed by atoms with Crippen molar-refractivity contribution < 1.29 is 52.5 Å². The van der Waals surface area contributed by atoms with E-state index in [1.54, 1.807) is 52.7 Å². The minimum absolute atomic E-state index is 0.386. The van der Waals surface area contributed by atoms with Crippen LogP contribution in [0.5, 0.6) is 34.5 Å². The van der Waals surface area contributed by atoms with Gasteiger partial charge < -0.3 is 0 Å². The SMILES string of the molecule is C[CH]=[Zr]([O]c1ccc(F)cc1)([O]c1ccc(F)cc1)([CH]1C=Cc2cc(OC)c(OC)cc21)[CH]1C=Cc2cc(OC)c(OC)cc21. The normalized spacial score (nSPS) is 16.5. The molecule has 2 atom stereocenters. The van der Waals surface area contributed by atoms with Crippen molar-refractivity contribution in [3.8, 4) is 34.5 Å². The van der Waals surface area contributed by atoms with Gasteiger partial charge in [-0.25, -0.2) is 0 Å². The van der Waals surface area contributed by atoms with Gasteiger partial charge in [-0.1, -0.05) is 0 Å². The van der Waals surface area contributed by atoms with E-state index in [0.717, 1.165) is 22.3 Å². The second kappa shape index (κ2) is 11.9. The standard InChI is InChI=1S/2C11H11O2.2C6H5FO.C2H4.Zr/c2*1-12-10-6-8-4-3-5-9(8)7-11(10)13-2;2*7-5-1-3-6(8)4-2-5;1-2;/h2*3-7H,1-2H3;2*1-4,8H;1H,2H3;/q;;;;;+2/p-2. The summed E-state index contributed by atoms with van der Waals surface area (Å²) in [4.78, 5) is 0. The predicted molar refractivity (Wildman–Crippen MR) is 168 cm³/mol. The first-order valence-corrected chi connectivity index (χ1v) is 20.8. The van der Waals surface area contributed by atoms with Crippen molar-refractivity contribution in [3.05, 3.63) is 119 Å². The molecule has 0 saturated carbocycles. The summed E-state index contributed by atoms with van der Waals surface area (Å²) in [5.74, 6) is 2.45. The monoisotopic (exact) mass is 690 g/mol. The van der Waals surface area contributed by atoms with Crippen LogP contribution in [0.15, 0.2) is 84.9 Å². The molecule has 9 heteroatoms. The van der Waals surface area contributed by atoms with Crippen LogP contribution in [0.3, 0.4) is 0 Å². The summed E-state index contributed by atoms with van der Waals surface area (Å²) in [6.07, 6.45) is 8.28. The van der Waals surface area contributed by atoms with Gasteiger partial charge in [-0.2, -0.15) is 0 Å². The maximum absolute atomic E-state index is 14.2. The van der Waals surface area contributed by atoms with Gasteiger partial charge in [-0.15, -0.1) is 0 Å². The van der Waals surface area contributed by atoms with E-state index < -0.39 is 26.4 Å². The van der Waals surface area contributed by atoms with Gasteiger partial charge in [0, 0.05) is 0 Å². The van der Waals surface area contributed by atoms with Crippen LogP contribution in [-0.2, 0) is 19.2 Å². The van der Waals surface area contributed by atoms with Crippen molar-refractivity contribution in [3.63, 3.8) is 0 Å². The van der Waals surface area contributed by atoms with Crippen molar-refractivity contribution >= 4 is 15.9 Å². The Labute approximate surface area is 263 Å². The summed E-state index contributed by atoms with van der Waals surface area (Å²) in [6.45, 7) is 1.96. The third-order valence-corrected chi connectivity index (χ3v) is 23.5. The van der Waals surface area contributed by atoms with Crippen LogP contribution in [0.1, 0.15) is 36.4 Å². The van der Waals surface area contributed by atoms with Crippen molar-refractivity contribution in [2.75, 3.05) is 28.4 Å². The van der Waals surface area contributed by atoms with E-state index in [1.165, 1.54) is 24.3 Å². The molecular formula is C36H34F2O6Zr. The van der Waals surface area contributed by atoms with E-state index in [1.807, 2.05) is 43.3 Å². The molecule has 0 saturated heterocycles. The molecule has 2 unspecified atom stereocenters. The second-order valence-electron chi connectivity index (χ2n) is 11.0. The van der Waals surface area contributed by atoms with Crippen LogP contribution in [0, 0.1) is 11.6 Å². The summed E-state index contributed by atoms with van der Waals surface area (Å²) in [6, 6.07) is 19.7. The van der Waals surface area contributed by atoms with E-state index in [4.69, 9.17) is 24.6 Å². The average Bonchev–Trinajstić information content (AvgIpc) is 3.70. The van der Waals surface area contributed by atoms with Crippen LogP contribution >= 0.6 is 0 Å². The first-order chi connectivity index (χ1) is 21.8. The van der Waals surface area contributed by atoms with Crippen LogP contribution in [0.2, 0.25) is 0 Å². The molecule has 0 radical (unpaired) electrons. The van der Waals surface area contributed by atoms with E-state index in [-0.39, 0.29) is 11.6 Å². The van der Waals surface area contributed by atoms with E-state index in [2.05, 4.69) is 15.9 Å². The van der Waals surface area contributed by atoms with Gasteiger partial charge in [-0.05, 0) is 0 Å². The molecule has 45 heavy (non-hydrogen) atoms. The fraction of sp³-hybridized carbons (Fsp3) is 0.194. The quantitative estimate of drug-likeness (QED) is 0.167. The van der Waals surface area contributed by atoms with Gasteiger partial charge >= 0.3 is 264 Å². The summed E-state index contributed by atoms with van der Waals surface area (Å²) in [5.41, 5.74) is 3.73. The van der Waals surface area contributed by atoms with Gasteiger partial charge in [0.25, 0.3) is 0 Å². The molecule has 0 aliphatic heterocycles. The first-order valence-electron chi connectivity index (χ1n) is 14.5. The molecule has 4 aromatic carbocycles. The van der Waals surface area contributed by atoms with Gasteiger partial charge in [0.15, 0.2) is 0 Å². The number of allylic oxidation sites excluding steroid dienone is 2. The molecule has 4 aromatic rings. The Kier molecular flexibility index (Phi) is 8.17. The third-order valence-electron chi connectivity index (χ3n) is 8.88. The Balaban J connectivity index is 1.70.